The molecule has 0 atom stereocenters. The van der Waals surface area contributed by atoms with Crippen LogP contribution in [0, 0.1) is 95.2 Å². The molecule has 0 aliphatic carbocycles. The summed E-state index contributed by atoms with van der Waals surface area (Å²) in [7, 11) is 0. The van der Waals surface area contributed by atoms with Crippen molar-refractivity contribution in [1.82, 2.24) is 0 Å². The fraction of sp³-hybridized carbons (Fsp3) is 0.0769. The van der Waals surface area contributed by atoms with E-state index >= 15 is 0 Å². The lowest BCUT2D eigenvalue weighted by Crippen LogP contribution is -2.08. The molecule has 0 saturated heterocycles. The molecule has 0 unspecified atom stereocenters. The third kappa shape index (κ3) is 10.1. The van der Waals surface area contributed by atoms with E-state index in [0.717, 1.165) is 0 Å². The van der Waals surface area contributed by atoms with Gasteiger partial charge in [0.1, 0.15) is 0 Å². The molecule has 32 heavy (non-hydrogen) atoms. The van der Waals surface area contributed by atoms with Crippen LogP contribution in [0.1, 0.15) is 17.3 Å². The number of rotatable bonds is 3. The van der Waals surface area contributed by atoms with E-state index < -0.39 is 11.9 Å². The van der Waals surface area contributed by atoms with E-state index in [9.17, 15) is 9.59 Å². The maximum atomic E-state index is 11.8. The van der Waals surface area contributed by atoms with Crippen molar-refractivity contribution < 1.29 is 19.1 Å². The van der Waals surface area contributed by atoms with Crippen LogP contribution in [0.4, 0.5) is 0 Å². The lowest BCUT2D eigenvalue weighted by Gasteiger charge is -2.08. The first kappa shape index (κ1) is 25.3. The maximum Gasteiger partial charge on any atom is 0.390 e. The van der Waals surface area contributed by atoms with Crippen LogP contribution < -0.4 is 4.74 Å². The summed E-state index contributed by atoms with van der Waals surface area (Å²) < 4.78 is 9.84. The summed E-state index contributed by atoms with van der Waals surface area (Å²) in [5.41, 5.74) is 0.119. The number of halogens is 2. The Balaban J connectivity index is 2.69. The van der Waals surface area contributed by atoms with Crippen LogP contribution in [0.5, 0.6) is 5.75 Å². The molecule has 0 aliphatic heterocycles. The number of hydrogen-bond donors (Lipinski definition) is 0. The Morgan fingerprint density at radius 3 is 1.69 bits per heavy atom. The Labute approximate surface area is 196 Å². The zero-order valence-electron chi connectivity index (χ0n) is 16.3. The van der Waals surface area contributed by atoms with Gasteiger partial charge in [-0.15, -0.1) is 6.42 Å². The van der Waals surface area contributed by atoms with Crippen molar-refractivity contribution in [1.29, 1.82) is 0 Å². The summed E-state index contributed by atoms with van der Waals surface area (Å²) in [5.74, 6) is 33.6. The van der Waals surface area contributed by atoms with Crippen LogP contribution in [0.2, 0.25) is 10.0 Å². The number of ether oxygens (including phenoxy) is 2. The molecule has 0 amide bonds. The lowest BCUT2D eigenvalue weighted by atomic mass is 10.2. The Bertz CT molecular complexity index is 1390. The standard InChI is InChI=1S/C26H8Cl2O4/c1-3-5-6-7-8-9-10-11-12-13-14-15-16-17-18-24(29)32-25-22(27)19-21(20-23(25)28)26(30)31-4-2/h1,19-20H,4H2,2H3. The smallest absolute Gasteiger partial charge is 0.390 e. The summed E-state index contributed by atoms with van der Waals surface area (Å²) >= 11 is 12.0. The average Bonchev–Trinajstić information content (AvgIpc) is 2.76. The van der Waals surface area contributed by atoms with Gasteiger partial charge >= 0.3 is 11.9 Å². The van der Waals surface area contributed by atoms with Crippen molar-refractivity contribution in [2.45, 2.75) is 6.92 Å². The number of carbonyl (C=O) groups is 2. The molecular weight excluding hydrogens is 447 g/mol. The second-order valence-corrected chi connectivity index (χ2v) is 5.59. The normalized spacial score (nSPS) is 7.06. The second-order valence-electron chi connectivity index (χ2n) is 4.77. The van der Waals surface area contributed by atoms with Gasteiger partial charge in [0, 0.05) is 5.92 Å². The minimum atomic E-state index is -0.956. The molecule has 0 spiro atoms. The minimum absolute atomic E-state index is 0.0548. The van der Waals surface area contributed by atoms with Crippen LogP contribution in [0.15, 0.2) is 12.1 Å². The third-order valence-corrected chi connectivity index (χ3v) is 3.25. The van der Waals surface area contributed by atoms with Crippen molar-refractivity contribution in [3.05, 3.63) is 27.7 Å². The Hall–Kier alpha value is -4.78. The van der Waals surface area contributed by atoms with Gasteiger partial charge in [-0.3, -0.25) is 0 Å². The number of esters is 2. The molecule has 150 valence electrons. The van der Waals surface area contributed by atoms with Crippen molar-refractivity contribution >= 4 is 35.1 Å². The van der Waals surface area contributed by atoms with Gasteiger partial charge in [0.2, 0.25) is 0 Å². The van der Waals surface area contributed by atoms with Gasteiger partial charge in [0.25, 0.3) is 0 Å². The predicted octanol–water partition coefficient (Wildman–Crippen LogP) is 2.73. The first-order valence-corrected chi connectivity index (χ1v) is 9.09. The molecule has 0 radical (unpaired) electrons. The van der Waals surface area contributed by atoms with E-state index in [2.05, 4.69) is 88.8 Å². The third-order valence-electron chi connectivity index (χ3n) is 2.69. The molecule has 0 N–H and O–H groups in total. The molecule has 0 bridgehead atoms. The number of hydrogen-bond acceptors (Lipinski definition) is 4. The number of benzene rings is 1. The van der Waals surface area contributed by atoms with E-state index in [1.54, 1.807) is 6.92 Å². The molecule has 0 aromatic heterocycles. The highest BCUT2D eigenvalue weighted by molar-refractivity contribution is 6.38. The van der Waals surface area contributed by atoms with Gasteiger partial charge in [-0.25, -0.2) is 9.59 Å². The van der Waals surface area contributed by atoms with Gasteiger partial charge in [-0.2, -0.15) is 0 Å². The van der Waals surface area contributed by atoms with Crippen molar-refractivity contribution in [2.75, 3.05) is 6.61 Å². The van der Waals surface area contributed by atoms with Gasteiger partial charge in [0.15, 0.2) is 5.75 Å². The van der Waals surface area contributed by atoms with Crippen LogP contribution in [-0.4, -0.2) is 18.5 Å². The van der Waals surface area contributed by atoms with Crippen LogP contribution >= 0.6 is 23.2 Å². The monoisotopic (exact) mass is 454 g/mol. The van der Waals surface area contributed by atoms with Gasteiger partial charge in [-0.05, 0) is 102 Å². The van der Waals surface area contributed by atoms with E-state index in [0.29, 0.717) is 0 Å². The highest BCUT2D eigenvalue weighted by Gasteiger charge is 2.16. The zero-order valence-corrected chi connectivity index (χ0v) is 17.8. The van der Waals surface area contributed by atoms with Crippen LogP contribution in [0.25, 0.3) is 0 Å². The fourth-order valence-electron chi connectivity index (χ4n) is 1.57. The molecule has 0 saturated carbocycles. The minimum Gasteiger partial charge on any atom is -0.462 e. The zero-order chi connectivity index (χ0) is 23.6. The molecule has 1 rings (SSSR count). The average molecular weight is 455 g/mol. The van der Waals surface area contributed by atoms with Gasteiger partial charge in [-0.1, -0.05) is 23.2 Å². The summed E-state index contributed by atoms with van der Waals surface area (Å²) in [6, 6.07) is 2.53. The molecule has 0 aliphatic rings. The molecular formula is C26H8Cl2O4. The van der Waals surface area contributed by atoms with Crippen molar-refractivity contribution in [2.24, 2.45) is 0 Å². The highest BCUT2D eigenvalue weighted by atomic mass is 35.5. The molecule has 0 heterocycles. The van der Waals surface area contributed by atoms with Crippen molar-refractivity contribution in [3.63, 3.8) is 0 Å². The van der Waals surface area contributed by atoms with E-state index in [-0.39, 0.29) is 28.0 Å². The Morgan fingerprint density at radius 1 is 0.812 bits per heavy atom. The molecule has 1 aromatic carbocycles. The highest BCUT2D eigenvalue weighted by Crippen LogP contribution is 2.34. The molecule has 4 nitrogen and oxygen atoms in total. The second kappa shape index (κ2) is 15.1. The SMILES string of the molecule is C#CC#CC#CC#CC#CC#CC#CC#CC(=O)Oc1c(Cl)cc(C(=O)OCC)cc1Cl. The van der Waals surface area contributed by atoms with E-state index in [1.807, 2.05) is 0 Å². The fourth-order valence-corrected chi connectivity index (χ4v) is 2.13. The largest absolute Gasteiger partial charge is 0.462 e. The van der Waals surface area contributed by atoms with E-state index in [4.69, 9.17) is 39.1 Å². The Morgan fingerprint density at radius 2 is 1.25 bits per heavy atom. The molecule has 0 fully saturated rings. The summed E-state index contributed by atoms with van der Waals surface area (Å²) in [4.78, 5) is 23.5. The first-order valence-electron chi connectivity index (χ1n) is 8.34. The summed E-state index contributed by atoms with van der Waals surface area (Å²) in [6.07, 6.45) is 4.92. The maximum absolute atomic E-state index is 11.8. The molecule has 1 aromatic rings. The predicted molar refractivity (Wildman–Crippen MR) is 121 cm³/mol. The van der Waals surface area contributed by atoms with Crippen molar-refractivity contribution in [3.8, 4) is 101 Å². The lowest BCUT2D eigenvalue weighted by molar-refractivity contribution is -0.128. The van der Waals surface area contributed by atoms with Gasteiger partial charge in [0.05, 0.1) is 22.2 Å². The first-order chi connectivity index (χ1) is 15.5. The van der Waals surface area contributed by atoms with E-state index in [1.165, 1.54) is 12.1 Å². The quantitative estimate of drug-likeness (QED) is 0.305. The topological polar surface area (TPSA) is 52.6 Å². The van der Waals surface area contributed by atoms with Crippen LogP contribution in [-0.2, 0) is 9.53 Å². The Kier molecular flexibility index (Phi) is 11.9. The molecule has 6 heteroatoms. The van der Waals surface area contributed by atoms with Crippen LogP contribution in [0.3, 0.4) is 0 Å². The number of carbonyl (C=O) groups excluding carboxylic acids is 2. The van der Waals surface area contributed by atoms with Gasteiger partial charge < -0.3 is 9.47 Å². The summed E-state index contributed by atoms with van der Waals surface area (Å²) in [5, 5.41) is -0.110. The number of terminal acetylenes is 1. The summed E-state index contributed by atoms with van der Waals surface area (Å²) in [6.45, 7) is 1.84.